The monoisotopic (exact) mass is 380 g/mol. The molecular weight excluding hydrogens is 364 g/mol. The van der Waals surface area contributed by atoms with Crippen molar-refractivity contribution in [3.8, 4) is 0 Å². The summed E-state index contributed by atoms with van der Waals surface area (Å²) < 4.78 is 12.7. The van der Waals surface area contributed by atoms with Gasteiger partial charge in [-0.1, -0.05) is 0 Å². The molecule has 0 aliphatic carbocycles. The number of hydrogen-bond acceptors (Lipinski definition) is 4. The minimum Gasteiger partial charge on any atom is -0.451 e. The van der Waals surface area contributed by atoms with Gasteiger partial charge in [0.1, 0.15) is 5.76 Å². The number of furan rings is 1. The number of rotatable bonds is 4. The topological polar surface area (TPSA) is 51.6 Å². The summed E-state index contributed by atoms with van der Waals surface area (Å²) >= 11 is 6.80. The van der Waals surface area contributed by atoms with Crippen molar-refractivity contribution in [2.75, 3.05) is 26.7 Å². The second kappa shape index (κ2) is 6.52. The van der Waals surface area contributed by atoms with E-state index in [0.29, 0.717) is 12.6 Å². The van der Waals surface area contributed by atoms with E-state index < -0.39 is 0 Å². The maximum absolute atomic E-state index is 5.90. The first-order chi connectivity index (χ1) is 8.65. The van der Waals surface area contributed by atoms with Crippen LogP contribution < -0.4 is 5.73 Å². The van der Waals surface area contributed by atoms with Gasteiger partial charge < -0.3 is 14.9 Å². The van der Waals surface area contributed by atoms with Gasteiger partial charge in [-0.2, -0.15) is 0 Å². The van der Waals surface area contributed by atoms with E-state index in [-0.39, 0.29) is 6.04 Å². The predicted molar refractivity (Wildman–Crippen MR) is 77.5 cm³/mol. The zero-order valence-electron chi connectivity index (χ0n) is 10.4. The second-order valence-electron chi connectivity index (χ2n) is 4.49. The Labute approximate surface area is 124 Å². The number of likely N-dealkylation sites (tertiary alicyclic amines) is 1. The average Bonchev–Trinajstić information content (AvgIpc) is 2.71. The molecular formula is C12H18Br2N2O2. The van der Waals surface area contributed by atoms with Crippen LogP contribution in [0.3, 0.4) is 0 Å². The third-order valence-corrected chi connectivity index (χ3v) is 5.18. The van der Waals surface area contributed by atoms with Crippen molar-refractivity contribution in [1.29, 1.82) is 0 Å². The molecule has 0 saturated carbocycles. The van der Waals surface area contributed by atoms with Crippen molar-refractivity contribution in [3.05, 3.63) is 21.0 Å². The minimum absolute atomic E-state index is 0.144. The van der Waals surface area contributed by atoms with Crippen molar-refractivity contribution in [3.63, 3.8) is 0 Å². The van der Waals surface area contributed by atoms with Crippen LogP contribution in [0.15, 0.2) is 19.6 Å². The summed E-state index contributed by atoms with van der Waals surface area (Å²) in [6.07, 6.45) is 2.49. The zero-order valence-corrected chi connectivity index (χ0v) is 13.5. The van der Waals surface area contributed by atoms with Gasteiger partial charge >= 0.3 is 0 Å². The molecule has 0 aromatic carbocycles. The Balaban J connectivity index is 2.05. The number of nitrogens with zero attached hydrogens (tertiary/aromatic N) is 1. The van der Waals surface area contributed by atoms with Gasteiger partial charge in [-0.25, -0.2) is 0 Å². The van der Waals surface area contributed by atoms with Crippen molar-refractivity contribution >= 4 is 31.9 Å². The third-order valence-electron chi connectivity index (χ3n) is 3.47. The summed E-state index contributed by atoms with van der Waals surface area (Å²) in [4.78, 5) is 2.37. The number of ether oxygens (including phenoxy) is 1. The highest BCUT2D eigenvalue weighted by atomic mass is 79.9. The molecule has 102 valence electrons. The summed E-state index contributed by atoms with van der Waals surface area (Å²) in [5.41, 5.74) is 5.90. The number of nitrogens with two attached hydrogens (primary N) is 1. The van der Waals surface area contributed by atoms with E-state index in [0.717, 1.165) is 40.8 Å². The van der Waals surface area contributed by atoms with Crippen LogP contribution in [0.5, 0.6) is 0 Å². The lowest BCUT2D eigenvalue weighted by Crippen LogP contribution is -2.41. The molecule has 18 heavy (non-hydrogen) atoms. The number of methoxy groups -OCH3 is 1. The van der Waals surface area contributed by atoms with Crippen molar-refractivity contribution < 1.29 is 9.15 Å². The smallest absolute Gasteiger partial charge is 0.183 e. The Kier molecular flexibility index (Phi) is 5.26. The summed E-state index contributed by atoms with van der Waals surface area (Å²) in [5, 5.41) is 0. The number of hydrogen-bond donors (Lipinski definition) is 1. The minimum atomic E-state index is 0.144. The van der Waals surface area contributed by atoms with Crippen molar-refractivity contribution in [1.82, 2.24) is 4.90 Å². The zero-order chi connectivity index (χ0) is 13.1. The molecule has 1 aliphatic heterocycles. The predicted octanol–water partition coefficient (Wildman–Crippen LogP) is 2.92. The normalized spacial score (nSPS) is 20.2. The van der Waals surface area contributed by atoms with Crippen LogP contribution in [0.25, 0.3) is 0 Å². The van der Waals surface area contributed by atoms with Crippen LogP contribution in [0.1, 0.15) is 24.6 Å². The molecule has 1 fully saturated rings. The summed E-state index contributed by atoms with van der Waals surface area (Å²) in [5.74, 6) is 0.909. The highest BCUT2D eigenvalue weighted by molar-refractivity contribution is 9.13. The van der Waals surface area contributed by atoms with Gasteiger partial charge in [-0.05, 0) is 50.8 Å². The van der Waals surface area contributed by atoms with E-state index in [4.69, 9.17) is 14.9 Å². The largest absolute Gasteiger partial charge is 0.451 e. The first-order valence-electron chi connectivity index (χ1n) is 6.07. The lowest BCUT2D eigenvalue weighted by molar-refractivity contribution is 0.0247. The Hall–Kier alpha value is 0.120. The fourth-order valence-corrected chi connectivity index (χ4v) is 3.00. The fourth-order valence-electron chi connectivity index (χ4n) is 2.40. The van der Waals surface area contributed by atoms with Gasteiger partial charge in [0, 0.05) is 26.7 Å². The molecule has 1 aliphatic rings. The number of halogens is 2. The average molecular weight is 382 g/mol. The van der Waals surface area contributed by atoms with E-state index in [9.17, 15) is 0 Å². The highest BCUT2D eigenvalue weighted by Gasteiger charge is 2.27. The maximum atomic E-state index is 5.90. The van der Waals surface area contributed by atoms with Gasteiger partial charge in [0.25, 0.3) is 0 Å². The Morgan fingerprint density at radius 3 is 2.61 bits per heavy atom. The van der Waals surface area contributed by atoms with Crippen molar-refractivity contribution in [2.24, 2.45) is 5.73 Å². The molecule has 1 unspecified atom stereocenters. The quantitative estimate of drug-likeness (QED) is 0.871. The standard InChI is InChI=1S/C12H18Br2N2O2/c1-17-8-2-4-16(5-3-8)10(7-15)11-6-9(13)12(14)18-11/h6,8,10H,2-5,7,15H2,1H3. The molecule has 1 aromatic rings. The van der Waals surface area contributed by atoms with Crippen LogP contribution in [-0.2, 0) is 4.74 Å². The number of piperidine rings is 1. The second-order valence-corrected chi connectivity index (χ2v) is 6.07. The Bertz CT molecular complexity index is 370. The summed E-state index contributed by atoms with van der Waals surface area (Å²) in [6, 6.07) is 2.13. The van der Waals surface area contributed by atoms with Gasteiger partial charge in [0.05, 0.1) is 16.6 Å². The first kappa shape index (κ1) is 14.5. The van der Waals surface area contributed by atoms with Crippen LogP contribution in [-0.4, -0.2) is 37.7 Å². The molecule has 4 nitrogen and oxygen atoms in total. The van der Waals surface area contributed by atoms with Gasteiger partial charge in [-0.15, -0.1) is 0 Å². The van der Waals surface area contributed by atoms with Crippen molar-refractivity contribution in [2.45, 2.75) is 25.0 Å². The Morgan fingerprint density at radius 2 is 2.17 bits per heavy atom. The lowest BCUT2D eigenvalue weighted by Gasteiger charge is -2.35. The third kappa shape index (κ3) is 3.17. The van der Waals surface area contributed by atoms with E-state index in [1.165, 1.54) is 0 Å². The van der Waals surface area contributed by atoms with E-state index in [1.54, 1.807) is 7.11 Å². The molecule has 1 atom stereocenters. The lowest BCUT2D eigenvalue weighted by atomic mass is 10.0. The molecule has 0 amide bonds. The summed E-state index contributed by atoms with van der Waals surface area (Å²) in [6.45, 7) is 2.55. The first-order valence-corrected chi connectivity index (χ1v) is 7.66. The molecule has 2 heterocycles. The molecule has 1 aromatic heterocycles. The fraction of sp³-hybridized carbons (Fsp3) is 0.667. The van der Waals surface area contributed by atoms with Gasteiger partial charge in [0.15, 0.2) is 4.67 Å². The van der Waals surface area contributed by atoms with Crippen LogP contribution >= 0.6 is 31.9 Å². The molecule has 1 saturated heterocycles. The van der Waals surface area contributed by atoms with Gasteiger partial charge in [0.2, 0.25) is 0 Å². The van der Waals surface area contributed by atoms with E-state index in [1.807, 2.05) is 6.07 Å². The molecule has 6 heteroatoms. The molecule has 2 N–H and O–H groups in total. The molecule has 0 spiro atoms. The van der Waals surface area contributed by atoms with E-state index >= 15 is 0 Å². The Morgan fingerprint density at radius 1 is 1.50 bits per heavy atom. The SMILES string of the molecule is COC1CCN(C(CN)c2cc(Br)c(Br)o2)CC1. The highest BCUT2D eigenvalue weighted by Crippen LogP contribution is 2.33. The molecule has 0 bridgehead atoms. The van der Waals surface area contributed by atoms with Crippen LogP contribution in [0.4, 0.5) is 0 Å². The van der Waals surface area contributed by atoms with E-state index in [2.05, 4.69) is 36.8 Å². The molecule has 2 rings (SSSR count). The summed E-state index contributed by atoms with van der Waals surface area (Å²) in [7, 11) is 1.78. The van der Waals surface area contributed by atoms with Gasteiger partial charge in [-0.3, -0.25) is 4.90 Å². The van der Waals surface area contributed by atoms with Crippen LogP contribution in [0, 0.1) is 0 Å². The maximum Gasteiger partial charge on any atom is 0.183 e. The molecule has 0 radical (unpaired) electrons. The van der Waals surface area contributed by atoms with Crippen LogP contribution in [0.2, 0.25) is 0 Å².